The first-order chi connectivity index (χ1) is 10.4. The second kappa shape index (κ2) is 6.62. The molecule has 2 rings (SSSR count). The van der Waals surface area contributed by atoms with Gasteiger partial charge in [-0.1, -0.05) is 18.7 Å². The van der Waals surface area contributed by atoms with Crippen LogP contribution in [0.5, 0.6) is 5.75 Å². The van der Waals surface area contributed by atoms with E-state index in [-0.39, 0.29) is 25.1 Å². The Hall–Kier alpha value is -2.34. The van der Waals surface area contributed by atoms with Crippen molar-refractivity contribution in [3.05, 3.63) is 42.0 Å². The molecule has 1 saturated heterocycles. The van der Waals surface area contributed by atoms with Crippen LogP contribution >= 0.6 is 0 Å². The molecule has 0 aromatic heterocycles. The molecule has 0 saturated carbocycles. The molecule has 0 aliphatic carbocycles. The summed E-state index contributed by atoms with van der Waals surface area (Å²) in [4.78, 5) is 25.0. The number of ether oxygens (including phenoxy) is 1. The maximum absolute atomic E-state index is 12.6. The number of para-hydroxylation sites is 1. The van der Waals surface area contributed by atoms with Crippen molar-refractivity contribution in [3.63, 3.8) is 0 Å². The number of aliphatic carboxylic acids is 1. The highest BCUT2D eigenvalue weighted by Crippen LogP contribution is 2.25. The lowest BCUT2D eigenvalue weighted by Crippen LogP contribution is -2.40. The Balaban J connectivity index is 2.25. The molecular formula is C16H19NO5. The molecule has 1 heterocycles. The van der Waals surface area contributed by atoms with Crippen molar-refractivity contribution in [3.8, 4) is 5.75 Å². The highest BCUT2D eigenvalue weighted by Gasteiger charge is 2.39. The number of carboxylic acids is 1. The maximum Gasteiger partial charge on any atom is 0.326 e. The SMILES string of the molecule is C=C(C)COc1ccccc1C(=O)N1C[C@H](O)C[C@H]1C(=O)O. The third-order valence-corrected chi connectivity index (χ3v) is 3.42. The van der Waals surface area contributed by atoms with E-state index in [4.69, 9.17) is 4.74 Å². The molecule has 2 atom stereocenters. The number of carbonyl (C=O) groups is 2. The second-order valence-corrected chi connectivity index (χ2v) is 5.44. The third-order valence-electron chi connectivity index (χ3n) is 3.42. The van der Waals surface area contributed by atoms with Crippen LogP contribution in [0, 0.1) is 0 Å². The molecule has 0 bridgehead atoms. The van der Waals surface area contributed by atoms with Crippen LogP contribution in [-0.4, -0.2) is 52.3 Å². The van der Waals surface area contributed by atoms with Gasteiger partial charge in [-0.05, 0) is 24.6 Å². The fraction of sp³-hybridized carbons (Fsp3) is 0.375. The van der Waals surface area contributed by atoms with Gasteiger partial charge in [0.15, 0.2) is 0 Å². The summed E-state index contributed by atoms with van der Waals surface area (Å²) in [5, 5.41) is 18.9. The van der Waals surface area contributed by atoms with Crippen LogP contribution < -0.4 is 4.74 Å². The molecule has 0 unspecified atom stereocenters. The number of aliphatic hydroxyl groups is 1. The zero-order chi connectivity index (χ0) is 16.3. The van der Waals surface area contributed by atoms with Crippen LogP contribution in [-0.2, 0) is 4.79 Å². The van der Waals surface area contributed by atoms with Crippen LogP contribution in [0.4, 0.5) is 0 Å². The fourth-order valence-electron chi connectivity index (χ4n) is 2.40. The van der Waals surface area contributed by atoms with Crippen LogP contribution in [0.3, 0.4) is 0 Å². The first-order valence-electron chi connectivity index (χ1n) is 6.98. The topological polar surface area (TPSA) is 87.1 Å². The van der Waals surface area contributed by atoms with Gasteiger partial charge in [-0.2, -0.15) is 0 Å². The van der Waals surface area contributed by atoms with E-state index in [0.29, 0.717) is 5.75 Å². The van der Waals surface area contributed by atoms with Gasteiger partial charge < -0.3 is 19.8 Å². The van der Waals surface area contributed by atoms with Gasteiger partial charge in [0.25, 0.3) is 5.91 Å². The monoisotopic (exact) mass is 305 g/mol. The normalized spacial score (nSPS) is 20.7. The lowest BCUT2D eigenvalue weighted by Gasteiger charge is -2.22. The van der Waals surface area contributed by atoms with E-state index >= 15 is 0 Å². The molecule has 1 amide bonds. The molecule has 1 aliphatic heterocycles. The van der Waals surface area contributed by atoms with E-state index in [2.05, 4.69) is 6.58 Å². The number of amides is 1. The first kappa shape index (κ1) is 16.0. The molecule has 1 fully saturated rings. The van der Waals surface area contributed by atoms with Gasteiger partial charge in [0.05, 0.1) is 11.7 Å². The zero-order valence-electron chi connectivity index (χ0n) is 12.4. The van der Waals surface area contributed by atoms with Gasteiger partial charge in [0.1, 0.15) is 18.4 Å². The number of carbonyl (C=O) groups excluding carboxylic acids is 1. The van der Waals surface area contributed by atoms with Crippen molar-refractivity contribution in [2.45, 2.75) is 25.5 Å². The number of benzene rings is 1. The summed E-state index contributed by atoms with van der Waals surface area (Å²) in [6.45, 7) is 5.82. The first-order valence-corrected chi connectivity index (χ1v) is 6.98. The van der Waals surface area contributed by atoms with E-state index in [0.717, 1.165) is 5.57 Å². The second-order valence-electron chi connectivity index (χ2n) is 5.44. The Labute approximate surface area is 128 Å². The van der Waals surface area contributed by atoms with Crippen LogP contribution in [0.15, 0.2) is 36.4 Å². The highest BCUT2D eigenvalue weighted by molar-refractivity contribution is 5.99. The highest BCUT2D eigenvalue weighted by atomic mass is 16.5. The van der Waals surface area contributed by atoms with Crippen molar-refractivity contribution in [2.75, 3.05) is 13.2 Å². The lowest BCUT2D eigenvalue weighted by atomic mass is 10.1. The van der Waals surface area contributed by atoms with Crippen molar-refractivity contribution < 1.29 is 24.5 Å². The largest absolute Gasteiger partial charge is 0.488 e. The van der Waals surface area contributed by atoms with Crippen LogP contribution in [0.1, 0.15) is 23.7 Å². The minimum absolute atomic E-state index is 0.00458. The third kappa shape index (κ3) is 3.46. The number of β-amino-alcohol motifs (C(OH)–C–C–N with tert-alkyl or cyclic N) is 1. The lowest BCUT2D eigenvalue weighted by molar-refractivity contribution is -0.141. The summed E-state index contributed by atoms with van der Waals surface area (Å²) >= 11 is 0. The summed E-state index contributed by atoms with van der Waals surface area (Å²) in [6.07, 6.45) is -0.788. The smallest absolute Gasteiger partial charge is 0.326 e. The number of likely N-dealkylation sites (tertiary alicyclic amines) is 1. The minimum Gasteiger partial charge on any atom is -0.488 e. The van der Waals surface area contributed by atoms with Crippen LogP contribution in [0.2, 0.25) is 0 Å². The molecule has 118 valence electrons. The van der Waals surface area contributed by atoms with Gasteiger partial charge in [0, 0.05) is 13.0 Å². The molecule has 0 radical (unpaired) electrons. The van der Waals surface area contributed by atoms with E-state index in [9.17, 15) is 19.8 Å². The van der Waals surface area contributed by atoms with E-state index in [1.165, 1.54) is 4.90 Å². The van der Waals surface area contributed by atoms with Crippen LogP contribution in [0.25, 0.3) is 0 Å². The van der Waals surface area contributed by atoms with Crippen molar-refractivity contribution in [1.29, 1.82) is 0 Å². The quantitative estimate of drug-likeness (QED) is 0.801. The summed E-state index contributed by atoms with van der Waals surface area (Å²) in [6, 6.07) is 5.64. The van der Waals surface area contributed by atoms with Gasteiger partial charge in [-0.3, -0.25) is 4.79 Å². The molecular weight excluding hydrogens is 286 g/mol. The van der Waals surface area contributed by atoms with Gasteiger partial charge in [-0.25, -0.2) is 4.79 Å². The molecule has 0 spiro atoms. The summed E-state index contributed by atoms with van der Waals surface area (Å²) < 4.78 is 5.54. The average molecular weight is 305 g/mol. The Kier molecular flexibility index (Phi) is 4.82. The summed E-state index contributed by atoms with van der Waals surface area (Å²) in [5.41, 5.74) is 1.09. The number of rotatable bonds is 5. The summed E-state index contributed by atoms with van der Waals surface area (Å²) in [5.74, 6) is -1.20. The Morgan fingerprint density at radius 1 is 1.41 bits per heavy atom. The number of carboxylic acid groups (broad SMARTS) is 1. The van der Waals surface area contributed by atoms with E-state index in [1.807, 2.05) is 6.92 Å². The Bertz CT molecular complexity index is 598. The molecule has 1 aromatic rings. The molecule has 6 nitrogen and oxygen atoms in total. The van der Waals surface area contributed by atoms with Crippen molar-refractivity contribution in [2.24, 2.45) is 0 Å². The predicted octanol–water partition coefficient (Wildman–Crippen LogP) is 1.30. The number of hydrogen-bond donors (Lipinski definition) is 2. The number of nitrogens with zero attached hydrogens (tertiary/aromatic N) is 1. The minimum atomic E-state index is -1.12. The summed E-state index contributed by atoms with van der Waals surface area (Å²) in [7, 11) is 0. The average Bonchev–Trinajstić information content (AvgIpc) is 2.87. The van der Waals surface area contributed by atoms with Crippen molar-refractivity contribution >= 4 is 11.9 Å². The standard InChI is InChI=1S/C16H19NO5/c1-10(2)9-22-14-6-4-3-5-12(14)15(19)17-8-11(18)7-13(17)16(20)21/h3-6,11,13,18H,1,7-9H2,2H3,(H,20,21)/t11-,13+/m1/s1. The number of aliphatic hydroxyl groups excluding tert-OH is 1. The zero-order valence-corrected chi connectivity index (χ0v) is 12.4. The van der Waals surface area contributed by atoms with Gasteiger partial charge in [0.2, 0.25) is 0 Å². The molecule has 2 N–H and O–H groups in total. The fourth-order valence-corrected chi connectivity index (χ4v) is 2.40. The maximum atomic E-state index is 12.6. The van der Waals surface area contributed by atoms with Gasteiger partial charge in [-0.15, -0.1) is 0 Å². The molecule has 6 heteroatoms. The van der Waals surface area contributed by atoms with Crippen molar-refractivity contribution in [1.82, 2.24) is 4.90 Å². The molecule has 22 heavy (non-hydrogen) atoms. The Morgan fingerprint density at radius 3 is 2.73 bits per heavy atom. The van der Waals surface area contributed by atoms with Gasteiger partial charge >= 0.3 is 5.97 Å². The predicted molar refractivity (Wildman–Crippen MR) is 79.8 cm³/mol. The van der Waals surface area contributed by atoms with E-state index in [1.54, 1.807) is 24.3 Å². The Morgan fingerprint density at radius 2 is 2.09 bits per heavy atom. The van der Waals surface area contributed by atoms with E-state index < -0.39 is 24.0 Å². The number of hydrogen-bond acceptors (Lipinski definition) is 4. The molecule has 1 aromatic carbocycles. The molecule has 1 aliphatic rings.